The normalized spacial score (nSPS) is 13.8. The maximum Gasteiger partial charge on any atom is 0.321 e. The van der Waals surface area contributed by atoms with Gasteiger partial charge in [-0.2, -0.15) is 0 Å². The van der Waals surface area contributed by atoms with Crippen LogP contribution in [0.15, 0.2) is 53.4 Å². The number of rotatable bonds is 4. The van der Waals surface area contributed by atoms with Crippen molar-refractivity contribution in [3.63, 3.8) is 0 Å². The molecule has 0 bridgehead atoms. The summed E-state index contributed by atoms with van der Waals surface area (Å²) in [4.78, 5) is 26.7. The average Bonchev–Trinajstić information content (AvgIpc) is 3.01. The Morgan fingerprint density at radius 3 is 2.65 bits per heavy atom. The van der Waals surface area contributed by atoms with E-state index in [0.717, 1.165) is 16.3 Å². The van der Waals surface area contributed by atoms with E-state index in [1.54, 1.807) is 40.9 Å². The van der Waals surface area contributed by atoms with Crippen LogP contribution in [0.3, 0.4) is 0 Å². The van der Waals surface area contributed by atoms with E-state index in [1.165, 1.54) is 0 Å². The maximum atomic E-state index is 12.3. The second-order valence-corrected chi connectivity index (χ2v) is 6.00. The number of amides is 3. The van der Waals surface area contributed by atoms with E-state index < -0.39 is 0 Å². The Kier molecular flexibility index (Phi) is 4.52. The Balaban J connectivity index is 1.71. The van der Waals surface area contributed by atoms with Gasteiger partial charge in [0.1, 0.15) is 0 Å². The molecule has 23 heavy (non-hydrogen) atoms. The lowest BCUT2D eigenvalue weighted by Gasteiger charge is -2.14. The fourth-order valence-corrected chi connectivity index (χ4v) is 2.87. The number of thioether (sulfide) groups is 1. The van der Waals surface area contributed by atoms with Crippen LogP contribution in [0, 0.1) is 0 Å². The SMILES string of the molecule is CSc1cccc(NC(=O)c2ccc(N3CCNC3=O)cc2)c1. The molecule has 6 heteroatoms. The largest absolute Gasteiger partial charge is 0.336 e. The van der Waals surface area contributed by atoms with Gasteiger partial charge in [-0.25, -0.2) is 4.79 Å². The van der Waals surface area contributed by atoms with Crippen LogP contribution in [0.4, 0.5) is 16.2 Å². The van der Waals surface area contributed by atoms with Crippen molar-refractivity contribution in [3.05, 3.63) is 54.1 Å². The lowest BCUT2D eigenvalue weighted by molar-refractivity contribution is 0.102. The summed E-state index contributed by atoms with van der Waals surface area (Å²) >= 11 is 1.63. The number of urea groups is 1. The minimum Gasteiger partial charge on any atom is -0.336 e. The van der Waals surface area contributed by atoms with Crippen molar-refractivity contribution in [2.75, 3.05) is 29.6 Å². The first-order valence-corrected chi connectivity index (χ1v) is 8.51. The minimum atomic E-state index is -0.166. The molecule has 0 aromatic heterocycles. The van der Waals surface area contributed by atoms with E-state index >= 15 is 0 Å². The van der Waals surface area contributed by atoms with Crippen molar-refractivity contribution in [2.45, 2.75) is 4.90 Å². The molecule has 0 radical (unpaired) electrons. The summed E-state index contributed by atoms with van der Waals surface area (Å²) in [5.41, 5.74) is 2.12. The molecule has 3 amide bonds. The van der Waals surface area contributed by atoms with Gasteiger partial charge in [0.15, 0.2) is 0 Å². The summed E-state index contributed by atoms with van der Waals surface area (Å²) in [7, 11) is 0. The Hall–Kier alpha value is -2.47. The van der Waals surface area contributed by atoms with Crippen molar-refractivity contribution in [2.24, 2.45) is 0 Å². The van der Waals surface area contributed by atoms with E-state index in [9.17, 15) is 9.59 Å². The van der Waals surface area contributed by atoms with Gasteiger partial charge in [0.25, 0.3) is 5.91 Å². The highest BCUT2D eigenvalue weighted by molar-refractivity contribution is 7.98. The number of carbonyl (C=O) groups is 2. The van der Waals surface area contributed by atoms with Crippen molar-refractivity contribution >= 4 is 35.1 Å². The quantitative estimate of drug-likeness (QED) is 0.848. The molecule has 1 aliphatic rings. The van der Waals surface area contributed by atoms with Gasteiger partial charge in [-0.1, -0.05) is 6.07 Å². The van der Waals surface area contributed by atoms with Crippen molar-refractivity contribution in [1.29, 1.82) is 0 Å². The summed E-state index contributed by atoms with van der Waals surface area (Å²) in [5.74, 6) is -0.166. The van der Waals surface area contributed by atoms with Gasteiger partial charge in [0.05, 0.1) is 0 Å². The third-order valence-electron chi connectivity index (χ3n) is 3.63. The number of nitrogens with one attached hydrogen (secondary N) is 2. The van der Waals surface area contributed by atoms with Crippen molar-refractivity contribution in [3.8, 4) is 0 Å². The van der Waals surface area contributed by atoms with Gasteiger partial charge in [-0.3, -0.25) is 9.69 Å². The van der Waals surface area contributed by atoms with Crippen LogP contribution >= 0.6 is 11.8 Å². The number of carbonyl (C=O) groups excluding carboxylic acids is 2. The molecule has 5 nitrogen and oxygen atoms in total. The molecule has 1 fully saturated rings. The number of hydrogen-bond donors (Lipinski definition) is 2. The van der Waals surface area contributed by atoms with E-state index in [-0.39, 0.29) is 11.9 Å². The molecule has 1 saturated heterocycles. The summed E-state index contributed by atoms with van der Waals surface area (Å²) in [6, 6.07) is 14.6. The lowest BCUT2D eigenvalue weighted by Crippen LogP contribution is -2.27. The molecule has 1 aliphatic heterocycles. The molecule has 3 rings (SSSR count). The van der Waals surface area contributed by atoms with Crippen molar-refractivity contribution in [1.82, 2.24) is 5.32 Å². The average molecular weight is 327 g/mol. The lowest BCUT2D eigenvalue weighted by atomic mass is 10.1. The van der Waals surface area contributed by atoms with E-state index in [4.69, 9.17) is 0 Å². The van der Waals surface area contributed by atoms with Crippen LogP contribution in [0.25, 0.3) is 0 Å². The van der Waals surface area contributed by atoms with Gasteiger partial charge < -0.3 is 10.6 Å². The van der Waals surface area contributed by atoms with Crippen LogP contribution in [0.5, 0.6) is 0 Å². The summed E-state index contributed by atoms with van der Waals surface area (Å²) in [6.07, 6.45) is 1.99. The predicted molar refractivity (Wildman–Crippen MR) is 93.4 cm³/mol. The van der Waals surface area contributed by atoms with E-state index in [2.05, 4.69) is 10.6 Å². The fourth-order valence-electron chi connectivity index (χ4n) is 2.41. The van der Waals surface area contributed by atoms with Crippen LogP contribution in [-0.2, 0) is 0 Å². The molecule has 0 spiro atoms. The standard InChI is InChI=1S/C17H17N3O2S/c1-23-15-4-2-3-13(11-15)19-16(21)12-5-7-14(8-6-12)20-10-9-18-17(20)22/h2-8,11H,9-10H2,1H3,(H,18,22)(H,19,21). The summed E-state index contributed by atoms with van der Waals surface area (Å²) in [6.45, 7) is 1.29. The number of benzene rings is 2. The highest BCUT2D eigenvalue weighted by atomic mass is 32.2. The monoisotopic (exact) mass is 327 g/mol. The maximum absolute atomic E-state index is 12.3. The van der Waals surface area contributed by atoms with Crippen molar-refractivity contribution < 1.29 is 9.59 Å². The zero-order valence-corrected chi connectivity index (χ0v) is 13.5. The van der Waals surface area contributed by atoms with Crippen LogP contribution in [-0.4, -0.2) is 31.3 Å². The first-order valence-electron chi connectivity index (χ1n) is 7.28. The van der Waals surface area contributed by atoms with Gasteiger partial charge in [-0.05, 0) is 48.7 Å². The molecule has 1 heterocycles. The second kappa shape index (κ2) is 6.75. The molecular formula is C17H17N3O2S. The van der Waals surface area contributed by atoms with Crippen LogP contribution in [0.2, 0.25) is 0 Å². The molecule has 0 aliphatic carbocycles. The second-order valence-electron chi connectivity index (χ2n) is 5.12. The van der Waals surface area contributed by atoms with Gasteiger partial charge in [0, 0.05) is 34.9 Å². The highest BCUT2D eigenvalue weighted by Gasteiger charge is 2.21. The zero-order chi connectivity index (χ0) is 16.2. The molecule has 2 aromatic carbocycles. The minimum absolute atomic E-state index is 0.101. The molecule has 118 valence electrons. The number of anilines is 2. The predicted octanol–water partition coefficient (Wildman–Crippen LogP) is 3.19. The third kappa shape index (κ3) is 3.48. The number of nitrogens with zero attached hydrogens (tertiary/aromatic N) is 1. The first kappa shape index (κ1) is 15.4. The van der Waals surface area contributed by atoms with Crippen LogP contribution < -0.4 is 15.5 Å². The number of hydrogen-bond acceptors (Lipinski definition) is 3. The summed E-state index contributed by atoms with van der Waals surface area (Å²) in [5, 5.41) is 5.64. The van der Waals surface area contributed by atoms with Gasteiger partial charge in [-0.15, -0.1) is 11.8 Å². The van der Waals surface area contributed by atoms with Crippen LogP contribution in [0.1, 0.15) is 10.4 Å². The molecule has 0 saturated carbocycles. The molecule has 2 aromatic rings. The first-order chi connectivity index (χ1) is 11.2. The highest BCUT2D eigenvalue weighted by Crippen LogP contribution is 2.21. The smallest absolute Gasteiger partial charge is 0.321 e. The summed E-state index contributed by atoms with van der Waals surface area (Å²) < 4.78 is 0. The molecular weight excluding hydrogens is 310 g/mol. The van der Waals surface area contributed by atoms with E-state index in [0.29, 0.717) is 18.7 Å². The fraction of sp³-hybridized carbons (Fsp3) is 0.176. The molecule has 2 N–H and O–H groups in total. The Morgan fingerprint density at radius 1 is 1.22 bits per heavy atom. The van der Waals surface area contributed by atoms with Gasteiger partial charge >= 0.3 is 6.03 Å². The van der Waals surface area contributed by atoms with Gasteiger partial charge in [0.2, 0.25) is 0 Å². The molecule has 0 atom stereocenters. The Bertz CT molecular complexity index is 731. The van der Waals surface area contributed by atoms with E-state index in [1.807, 2.05) is 30.5 Å². The topological polar surface area (TPSA) is 61.4 Å². The zero-order valence-electron chi connectivity index (χ0n) is 12.7. The third-order valence-corrected chi connectivity index (χ3v) is 4.35. The Morgan fingerprint density at radius 2 is 2.00 bits per heavy atom. The molecule has 0 unspecified atom stereocenters. The Labute approximate surface area is 139 Å².